The molecule has 0 heterocycles. The molecule has 7 heteroatoms. The monoisotopic (exact) mass is 279 g/mol. The van der Waals surface area contributed by atoms with Gasteiger partial charge in [-0.1, -0.05) is 13.3 Å². The Morgan fingerprint density at radius 1 is 1.22 bits per heavy atom. The van der Waals surface area contributed by atoms with Gasteiger partial charge in [0.2, 0.25) is 5.91 Å². The number of carbonyl (C=O) groups is 2. The lowest BCUT2D eigenvalue weighted by molar-refractivity contribution is -0.147. The summed E-state index contributed by atoms with van der Waals surface area (Å²) in [5, 5.41) is 11.4. The molecule has 0 aromatic carbocycles. The highest BCUT2D eigenvalue weighted by Gasteiger charge is 2.43. The molecule has 0 saturated carbocycles. The van der Waals surface area contributed by atoms with Gasteiger partial charge in [0.25, 0.3) is 0 Å². The molecular weight excluding hydrogens is 258 g/mol. The first kappa shape index (κ1) is 16.9. The zero-order chi connectivity index (χ0) is 14.8. The molecule has 0 bridgehead atoms. The molecule has 0 aromatic heterocycles. The molecule has 0 aliphatic heterocycles. The zero-order valence-corrected chi connectivity index (χ0v) is 12.2. The second-order valence-electron chi connectivity index (χ2n) is 5.12. The molecule has 6 nitrogen and oxygen atoms in total. The van der Waals surface area contributed by atoms with E-state index in [0.29, 0.717) is 6.42 Å². The van der Waals surface area contributed by atoms with Gasteiger partial charge >= 0.3 is 5.97 Å². The van der Waals surface area contributed by atoms with E-state index in [1.807, 2.05) is 0 Å². The van der Waals surface area contributed by atoms with Crippen LogP contribution in [0.2, 0.25) is 0 Å². The van der Waals surface area contributed by atoms with Crippen molar-refractivity contribution in [3.05, 3.63) is 0 Å². The normalized spacial score (nSPS) is 15.8. The maximum Gasteiger partial charge on any atom is 0.329 e. The Hall–Kier alpha value is -1.11. The van der Waals surface area contributed by atoms with Crippen LogP contribution in [-0.4, -0.2) is 41.9 Å². The molecule has 0 rings (SSSR count). The SMILES string of the molecule is CCCC(C)(NC(=O)C(C)(C)S(C)(=O)=O)C(=O)O. The first-order valence-corrected chi connectivity index (χ1v) is 7.53. The van der Waals surface area contributed by atoms with Gasteiger partial charge in [-0.15, -0.1) is 0 Å². The van der Waals surface area contributed by atoms with Crippen LogP contribution in [-0.2, 0) is 19.4 Å². The van der Waals surface area contributed by atoms with E-state index in [9.17, 15) is 18.0 Å². The van der Waals surface area contributed by atoms with Crippen molar-refractivity contribution in [2.24, 2.45) is 0 Å². The first-order chi connectivity index (χ1) is 7.88. The standard InChI is InChI=1S/C11H21NO5S/c1-6-7-11(4,9(14)15)12-8(13)10(2,3)18(5,16)17/h6-7H2,1-5H3,(H,12,13)(H,14,15). The first-order valence-electron chi connectivity index (χ1n) is 5.64. The molecular formula is C11H21NO5S. The van der Waals surface area contributed by atoms with Gasteiger partial charge in [-0.2, -0.15) is 0 Å². The molecule has 0 aromatic rings. The highest BCUT2D eigenvalue weighted by molar-refractivity contribution is 7.92. The number of carboxylic acids is 1. The maximum atomic E-state index is 12.0. The van der Waals surface area contributed by atoms with E-state index in [4.69, 9.17) is 5.11 Å². The highest BCUT2D eigenvalue weighted by atomic mass is 32.2. The second-order valence-corrected chi connectivity index (χ2v) is 7.69. The molecule has 0 saturated heterocycles. The van der Waals surface area contributed by atoms with Gasteiger partial charge in [-0.05, 0) is 27.2 Å². The van der Waals surface area contributed by atoms with Gasteiger partial charge in [0.15, 0.2) is 9.84 Å². The molecule has 1 unspecified atom stereocenters. The fourth-order valence-electron chi connectivity index (χ4n) is 1.29. The molecule has 0 fully saturated rings. The van der Waals surface area contributed by atoms with Gasteiger partial charge in [-0.25, -0.2) is 13.2 Å². The third kappa shape index (κ3) is 3.44. The van der Waals surface area contributed by atoms with Gasteiger partial charge in [0.05, 0.1) is 0 Å². The van der Waals surface area contributed by atoms with E-state index in [0.717, 1.165) is 6.26 Å². The Morgan fingerprint density at radius 2 is 1.67 bits per heavy atom. The topological polar surface area (TPSA) is 101 Å². The average molecular weight is 279 g/mol. The minimum absolute atomic E-state index is 0.230. The third-order valence-corrected chi connectivity index (χ3v) is 5.12. The van der Waals surface area contributed by atoms with Crippen LogP contribution in [0.3, 0.4) is 0 Å². The summed E-state index contributed by atoms with van der Waals surface area (Å²) in [4.78, 5) is 23.1. The van der Waals surface area contributed by atoms with Crippen LogP contribution >= 0.6 is 0 Å². The number of nitrogens with one attached hydrogen (secondary N) is 1. The van der Waals surface area contributed by atoms with Crippen molar-refractivity contribution >= 4 is 21.7 Å². The van der Waals surface area contributed by atoms with E-state index in [2.05, 4.69) is 5.32 Å². The van der Waals surface area contributed by atoms with Gasteiger partial charge in [0, 0.05) is 6.26 Å². The Balaban J connectivity index is 5.22. The lowest BCUT2D eigenvalue weighted by Gasteiger charge is -2.30. The Labute approximate surface area is 108 Å². The minimum Gasteiger partial charge on any atom is -0.480 e. The zero-order valence-electron chi connectivity index (χ0n) is 11.4. The predicted octanol–water partition coefficient (Wildman–Crippen LogP) is 0.569. The maximum absolute atomic E-state index is 12.0. The summed E-state index contributed by atoms with van der Waals surface area (Å²) in [6.07, 6.45) is 1.74. The molecule has 0 spiro atoms. The lowest BCUT2D eigenvalue weighted by atomic mass is 9.95. The van der Waals surface area contributed by atoms with Crippen LogP contribution in [0.5, 0.6) is 0 Å². The number of carboxylic acid groups (broad SMARTS) is 1. The summed E-state index contributed by atoms with van der Waals surface area (Å²) in [6.45, 7) is 5.67. The number of hydrogen-bond donors (Lipinski definition) is 2. The number of aliphatic carboxylic acids is 1. The van der Waals surface area contributed by atoms with Crippen molar-refractivity contribution in [2.45, 2.75) is 50.8 Å². The summed E-state index contributed by atoms with van der Waals surface area (Å²) >= 11 is 0. The Bertz CT molecular complexity index is 440. The molecule has 0 radical (unpaired) electrons. The summed E-state index contributed by atoms with van der Waals surface area (Å²) in [5.41, 5.74) is -1.45. The number of carbonyl (C=O) groups excluding carboxylic acids is 1. The molecule has 18 heavy (non-hydrogen) atoms. The van der Waals surface area contributed by atoms with Crippen molar-refractivity contribution in [3.8, 4) is 0 Å². The van der Waals surface area contributed by atoms with E-state index >= 15 is 0 Å². The molecule has 1 amide bonds. The van der Waals surface area contributed by atoms with Crippen molar-refractivity contribution in [2.75, 3.05) is 6.26 Å². The lowest BCUT2D eigenvalue weighted by Crippen LogP contribution is -2.58. The highest BCUT2D eigenvalue weighted by Crippen LogP contribution is 2.19. The summed E-state index contributed by atoms with van der Waals surface area (Å²) in [6, 6.07) is 0. The third-order valence-electron chi connectivity index (χ3n) is 3.09. The van der Waals surface area contributed by atoms with Crippen molar-refractivity contribution in [1.82, 2.24) is 5.32 Å². The summed E-state index contributed by atoms with van der Waals surface area (Å²) in [7, 11) is -3.62. The summed E-state index contributed by atoms with van der Waals surface area (Å²) < 4.78 is 21.3. The fraction of sp³-hybridized carbons (Fsp3) is 0.818. The van der Waals surface area contributed by atoms with Crippen LogP contribution in [0, 0.1) is 0 Å². The van der Waals surface area contributed by atoms with Gasteiger partial charge < -0.3 is 10.4 Å². The molecule has 0 aliphatic carbocycles. The van der Waals surface area contributed by atoms with E-state index in [-0.39, 0.29) is 6.42 Å². The Morgan fingerprint density at radius 3 is 1.94 bits per heavy atom. The predicted molar refractivity (Wildman–Crippen MR) is 68.0 cm³/mol. The van der Waals surface area contributed by atoms with Crippen LogP contribution in [0.25, 0.3) is 0 Å². The Kier molecular flexibility index (Phi) is 4.93. The van der Waals surface area contributed by atoms with E-state index in [1.165, 1.54) is 20.8 Å². The molecule has 2 N–H and O–H groups in total. The van der Waals surface area contributed by atoms with Crippen LogP contribution in [0.4, 0.5) is 0 Å². The van der Waals surface area contributed by atoms with Crippen molar-refractivity contribution in [1.29, 1.82) is 0 Å². The van der Waals surface area contributed by atoms with Crippen LogP contribution in [0.1, 0.15) is 40.5 Å². The quantitative estimate of drug-likeness (QED) is 0.740. The number of sulfone groups is 1. The van der Waals surface area contributed by atoms with Gasteiger partial charge in [-0.3, -0.25) is 4.79 Å². The van der Waals surface area contributed by atoms with Crippen molar-refractivity contribution < 1.29 is 23.1 Å². The second kappa shape index (κ2) is 5.26. The fourth-order valence-corrected chi connectivity index (χ4v) is 1.68. The largest absolute Gasteiger partial charge is 0.480 e. The minimum atomic E-state index is -3.62. The van der Waals surface area contributed by atoms with Crippen LogP contribution < -0.4 is 5.32 Å². The molecule has 0 aliphatic rings. The van der Waals surface area contributed by atoms with E-state index < -0.39 is 32.0 Å². The average Bonchev–Trinajstić information content (AvgIpc) is 2.15. The number of amides is 1. The van der Waals surface area contributed by atoms with Crippen molar-refractivity contribution in [3.63, 3.8) is 0 Å². The number of hydrogen-bond acceptors (Lipinski definition) is 4. The molecule has 106 valence electrons. The number of rotatable bonds is 6. The van der Waals surface area contributed by atoms with Gasteiger partial charge in [0.1, 0.15) is 10.3 Å². The molecule has 1 atom stereocenters. The van der Waals surface area contributed by atoms with E-state index in [1.54, 1.807) is 6.92 Å². The van der Waals surface area contributed by atoms with Crippen LogP contribution in [0.15, 0.2) is 0 Å². The smallest absolute Gasteiger partial charge is 0.329 e. The summed E-state index contributed by atoms with van der Waals surface area (Å²) in [5.74, 6) is -1.98.